The molecule has 0 atom stereocenters. The van der Waals surface area contributed by atoms with Gasteiger partial charge in [-0.05, 0) is 60.9 Å². The predicted octanol–water partition coefficient (Wildman–Crippen LogP) is 5.03. The second-order valence-electron chi connectivity index (χ2n) is 8.62. The molecule has 5 nitrogen and oxygen atoms in total. The zero-order valence-corrected chi connectivity index (χ0v) is 18.4. The van der Waals surface area contributed by atoms with Crippen LogP contribution >= 0.6 is 23.2 Å². The molecule has 0 unspecified atom stereocenters. The van der Waals surface area contributed by atoms with Gasteiger partial charge in [-0.1, -0.05) is 36.5 Å². The number of ketones is 1. The number of ether oxygens (including phenoxy) is 1. The third-order valence-corrected chi connectivity index (χ3v) is 6.73. The van der Waals surface area contributed by atoms with Crippen LogP contribution in [0.2, 0.25) is 10.0 Å². The van der Waals surface area contributed by atoms with Gasteiger partial charge in [0, 0.05) is 24.2 Å². The molecular formula is C23H24Cl2N2O3. The molecule has 2 bridgehead atoms. The van der Waals surface area contributed by atoms with Crippen molar-refractivity contribution in [3.05, 3.63) is 57.8 Å². The molecule has 1 aromatic heterocycles. The standard InChI is InChI=1S/C23H24Cl2N2O3/c1-2-3-15-6-7-26-19(8-15)20(28)10-22-12-23(13-22,14-22)27-21(29)11-30-16-4-5-17(24)18(25)9-16/h4-9H,2-3,10-14H2,1H3,(H,27,29). The van der Waals surface area contributed by atoms with Gasteiger partial charge in [0.1, 0.15) is 11.4 Å². The first kappa shape index (κ1) is 21.1. The molecule has 0 radical (unpaired) electrons. The number of Topliss-reactive ketones (excluding diaryl/α,β-unsaturated/α-hetero) is 1. The van der Waals surface area contributed by atoms with E-state index in [2.05, 4.69) is 17.2 Å². The highest BCUT2D eigenvalue weighted by molar-refractivity contribution is 6.42. The number of pyridine rings is 1. The highest BCUT2D eigenvalue weighted by Gasteiger charge is 2.68. The summed E-state index contributed by atoms with van der Waals surface area (Å²) in [6, 6.07) is 8.77. The smallest absolute Gasteiger partial charge is 0.258 e. The van der Waals surface area contributed by atoms with Gasteiger partial charge in [0.2, 0.25) is 0 Å². The number of carbonyl (C=O) groups is 2. The number of nitrogens with one attached hydrogen (secondary N) is 1. The molecule has 1 heterocycles. The van der Waals surface area contributed by atoms with Gasteiger partial charge in [-0.15, -0.1) is 0 Å². The van der Waals surface area contributed by atoms with Crippen LogP contribution in [0, 0.1) is 5.41 Å². The topological polar surface area (TPSA) is 68.3 Å². The number of aromatic nitrogens is 1. The van der Waals surface area contributed by atoms with Gasteiger partial charge < -0.3 is 10.1 Å². The number of carbonyl (C=O) groups excluding carboxylic acids is 2. The van der Waals surface area contributed by atoms with Gasteiger partial charge >= 0.3 is 0 Å². The van der Waals surface area contributed by atoms with Crippen LogP contribution < -0.4 is 10.1 Å². The van der Waals surface area contributed by atoms with Crippen LogP contribution in [-0.4, -0.2) is 28.8 Å². The lowest BCUT2D eigenvalue weighted by Gasteiger charge is -2.70. The van der Waals surface area contributed by atoms with Gasteiger partial charge in [0.25, 0.3) is 5.91 Å². The average Bonchev–Trinajstić information content (AvgIpc) is 2.66. The van der Waals surface area contributed by atoms with Crippen molar-refractivity contribution in [1.29, 1.82) is 0 Å². The average molecular weight is 447 g/mol. The third kappa shape index (κ3) is 4.33. The summed E-state index contributed by atoms with van der Waals surface area (Å²) in [6.07, 6.45) is 6.70. The first-order valence-electron chi connectivity index (χ1n) is 10.2. The maximum atomic E-state index is 12.7. The fourth-order valence-electron chi connectivity index (χ4n) is 4.87. The Bertz CT molecular complexity index is 972. The van der Waals surface area contributed by atoms with E-state index in [1.54, 1.807) is 24.4 Å². The Balaban J connectivity index is 1.24. The molecule has 7 heteroatoms. The van der Waals surface area contributed by atoms with E-state index in [9.17, 15) is 9.59 Å². The number of hydrogen-bond acceptors (Lipinski definition) is 4. The van der Waals surface area contributed by atoms with Gasteiger partial charge in [-0.25, -0.2) is 0 Å². The number of halogens is 2. The van der Waals surface area contributed by atoms with Gasteiger partial charge in [-0.3, -0.25) is 14.6 Å². The number of hydrogen-bond donors (Lipinski definition) is 1. The van der Waals surface area contributed by atoms with Crippen molar-refractivity contribution in [2.24, 2.45) is 5.41 Å². The highest BCUT2D eigenvalue weighted by atomic mass is 35.5. The zero-order chi connectivity index (χ0) is 21.4. The van der Waals surface area contributed by atoms with E-state index >= 15 is 0 Å². The zero-order valence-electron chi connectivity index (χ0n) is 16.8. The van der Waals surface area contributed by atoms with E-state index in [0.29, 0.717) is 27.9 Å². The number of aryl methyl sites for hydroxylation is 1. The molecule has 1 aromatic carbocycles. The highest BCUT2D eigenvalue weighted by Crippen LogP contribution is 2.69. The van der Waals surface area contributed by atoms with Crippen LogP contribution in [0.25, 0.3) is 0 Å². The molecule has 3 saturated carbocycles. The summed E-state index contributed by atoms with van der Waals surface area (Å²) in [7, 11) is 0. The number of rotatable bonds is 9. The second kappa shape index (κ2) is 8.20. The second-order valence-corrected chi connectivity index (χ2v) is 9.44. The summed E-state index contributed by atoms with van der Waals surface area (Å²) >= 11 is 11.8. The van der Waals surface area contributed by atoms with Crippen LogP contribution in [0.1, 0.15) is 55.1 Å². The SMILES string of the molecule is CCCc1ccnc(C(=O)CC23CC(NC(=O)COc4ccc(Cl)c(Cl)c4)(C2)C3)c1. The first-order valence-corrected chi connectivity index (χ1v) is 10.9. The Morgan fingerprint density at radius 3 is 2.60 bits per heavy atom. The quantitative estimate of drug-likeness (QED) is 0.548. The monoisotopic (exact) mass is 446 g/mol. The number of amides is 1. The Hall–Kier alpha value is -2.11. The summed E-state index contributed by atoms with van der Waals surface area (Å²) in [5, 5.41) is 3.89. The summed E-state index contributed by atoms with van der Waals surface area (Å²) in [5.41, 5.74) is 1.53. The lowest BCUT2D eigenvalue weighted by molar-refractivity contribution is -0.164. The normalized spacial score (nSPS) is 23.8. The van der Waals surface area contributed by atoms with E-state index in [4.69, 9.17) is 27.9 Å². The molecule has 1 amide bonds. The maximum Gasteiger partial charge on any atom is 0.258 e. The Labute approximate surface area is 186 Å². The minimum Gasteiger partial charge on any atom is -0.484 e. The van der Waals surface area contributed by atoms with Gasteiger partial charge in [0.05, 0.1) is 10.0 Å². The molecule has 3 aliphatic carbocycles. The molecule has 3 aliphatic rings. The van der Waals surface area contributed by atoms with Crippen LogP contribution in [0.5, 0.6) is 5.75 Å². The van der Waals surface area contributed by atoms with Gasteiger partial charge in [-0.2, -0.15) is 0 Å². The summed E-state index contributed by atoms with van der Waals surface area (Å²) < 4.78 is 5.50. The largest absolute Gasteiger partial charge is 0.484 e. The lowest BCUT2D eigenvalue weighted by Crippen LogP contribution is -2.75. The van der Waals surface area contributed by atoms with Crippen molar-refractivity contribution in [2.75, 3.05) is 6.61 Å². The Morgan fingerprint density at radius 1 is 1.13 bits per heavy atom. The lowest BCUT2D eigenvalue weighted by atomic mass is 9.38. The first-order chi connectivity index (χ1) is 14.3. The molecule has 30 heavy (non-hydrogen) atoms. The number of benzene rings is 1. The van der Waals surface area contributed by atoms with Crippen LogP contribution in [0.4, 0.5) is 0 Å². The summed E-state index contributed by atoms with van der Waals surface area (Å²) in [5.74, 6) is 0.419. The fourth-order valence-corrected chi connectivity index (χ4v) is 5.16. The summed E-state index contributed by atoms with van der Waals surface area (Å²) in [6.45, 7) is 2.03. The van der Waals surface area contributed by atoms with Crippen LogP contribution in [0.15, 0.2) is 36.5 Å². The molecule has 2 aromatic rings. The maximum absolute atomic E-state index is 12.7. The van der Waals surface area contributed by atoms with E-state index < -0.39 is 0 Å². The van der Waals surface area contributed by atoms with Crippen molar-refractivity contribution >= 4 is 34.9 Å². The van der Waals surface area contributed by atoms with Crippen molar-refractivity contribution < 1.29 is 14.3 Å². The van der Waals surface area contributed by atoms with Crippen molar-refractivity contribution in [3.8, 4) is 5.75 Å². The minimum absolute atomic E-state index is 0.0113. The molecule has 0 aliphatic heterocycles. The molecule has 0 saturated heterocycles. The Morgan fingerprint density at radius 2 is 1.90 bits per heavy atom. The molecule has 0 spiro atoms. The van der Waals surface area contributed by atoms with Crippen LogP contribution in [-0.2, 0) is 11.2 Å². The van der Waals surface area contributed by atoms with E-state index in [1.165, 1.54) is 0 Å². The van der Waals surface area contributed by atoms with Crippen molar-refractivity contribution in [2.45, 2.75) is 51.0 Å². The molecule has 158 valence electrons. The third-order valence-electron chi connectivity index (χ3n) is 5.99. The molecule has 3 fully saturated rings. The predicted molar refractivity (Wildman–Crippen MR) is 116 cm³/mol. The van der Waals surface area contributed by atoms with Crippen molar-refractivity contribution in [3.63, 3.8) is 0 Å². The fraction of sp³-hybridized carbons (Fsp3) is 0.435. The number of nitrogens with zero attached hydrogens (tertiary/aromatic N) is 1. The van der Waals surface area contributed by atoms with E-state index in [0.717, 1.165) is 37.7 Å². The van der Waals surface area contributed by atoms with Gasteiger partial charge in [0.15, 0.2) is 12.4 Å². The van der Waals surface area contributed by atoms with Crippen molar-refractivity contribution in [1.82, 2.24) is 10.3 Å². The molecule has 1 N–H and O–H groups in total. The summed E-state index contributed by atoms with van der Waals surface area (Å²) in [4.78, 5) is 29.2. The van der Waals surface area contributed by atoms with E-state index in [-0.39, 0.29) is 29.3 Å². The Kier molecular flexibility index (Phi) is 5.78. The minimum atomic E-state index is -0.185. The van der Waals surface area contributed by atoms with E-state index in [1.807, 2.05) is 12.1 Å². The molecule has 5 rings (SSSR count). The van der Waals surface area contributed by atoms with Crippen LogP contribution in [0.3, 0.4) is 0 Å². The molecular weight excluding hydrogens is 423 g/mol.